The molecule has 1 unspecified atom stereocenters. The van der Waals surface area contributed by atoms with Crippen LogP contribution >= 0.6 is 0 Å². The molecule has 1 aromatic carbocycles. The fourth-order valence-electron chi connectivity index (χ4n) is 2.28. The van der Waals surface area contributed by atoms with E-state index >= 15 is 0 Å². The predicted molar refractivity (Wildman–Crippen MR) is 68.9 cm³/mol. The van der Waals surface area contributed by atoms with Crippen molar-refractivity contribution in [2.45, 2.75) is 32.2 Å². The first-order chi connectivity index (χ1) is 10.2. The zero-order valence-corrected chi connectivity index (χ0v) is 11.5. The summed E-state index contributed by atoms with van der Waals surface area (Å²) in [5.41, 5.74) is 0.196. The number of ketones is 1. The van der Waals surface area contributed by atoms with E-state index < -0.39 is 36.5 Å². The van der Waals surface area contributed by atoms with E-state index in [1.54, 1.807) is 6.07 Å². The van der Waals surface area contributed by atoms with Gasteiger partial charge in [0.05, 0.1) is 12.1 Å². The Bertz CT molecular complexity index is 627. The summed E-state index contributed by atoms with van der Waals surface area (Å²) in [6, 6.07) is 5.73. The van der Waals surface area contributed by atoms with Crippen LogP contribution in [0.15, 0.2) is 24.3 Å². The highest BCUT2D eigenvalue weighted by atomic mass is 19.4. The quantitative estimate of drug-likeness (QED) is 0.744. The van der Waals surface area contributed by atoms with Gasteiger partial charge in [-0.3, -0.25) is 19.3 Å². The summed E-state index contributed by atoms with van der Waals surface area (Å²) >= 11 is 0. The molecular formula is C14H12F3NO4. The molecule has 2 rings (SSSR count). The van der Waals surface area contributed by atoms with E-state index in [0.29, 0.717) is 4.90 Å². The molecule has 1 atom stereocenters. The van der Waals surface area contributed by atoms with Crippen molar-refractivity contribution in [2.24, 2.45) is 0 Å². The predicted octanol–water partition coefficient (Wildman–Crippen LogP) is 1.99. The Balaban J connectivity index is 2.55. The summed E-state index contributed by atoms with van der Waals surface area (Å²) < 4.78 is 43.3. The molecule has 0 spiro atoms. The van der Waals surface area contributed by atoms with E-state index in [1.807, 2.05) is 0 Å². The number of fused-ring (bicyclic) bond motifs is 1. The summed E-state index contributed by atoms with van der Waals surface area (Å²) in [6.45, 7) is 0.998. The molecule has 0 saturated heterocycles. The first kappa shape index (κ1) is 16.0. The second-order valence-electron chi connectivity index (χ2n) is 4.79. The largest absolute Gasteiger partial charge is 0.471 e. The number of amides is 1. The number of hydrogen-bond donors (Lipinski definition) is 0. The Morgan fingerprint density at radius 1 is 1.27 bits per heavy atom. The number of hydrogen-bond acceptors (Lipinski definition) is 4. The minimum atomic E-state index is -5.15. The van der Waals surface area contributed by atoms with Crippen LogP contribution in [-0.2, 0) is 25.5 Å². The minimum Gasteiger partial charge on any atom is -0.441 e. The number of carbonyl (C=O) groups is 3. The topological polar surface area (TPSA) is 63.7 Å². The molecule has 8 heteroatoms. The van der Waals surface area contributed by atoms with E-state index in [1.165, 1.54) is 18.2 Å². The molecule has 22 heavy (non-hydrogen) atoms. The van der Waals surface area contributed by atoms with Crippen molar-refractivity contribution < 1.29 is 32.3 Å². The molecule has 1 aromatic rings. The number of rotatable bonds is 1. The number of halogens is 3. The van der Waals surface area contributed by atoms with Crippen LogP contribution in [0.3, 0.4) is 0 Å². The zero-order chi connectivity index (χ0) is 16.5. The maximum Gasteiger partial charge on any atom is 0.471 e. The van der Waals surface area contributed by atoms with Crippen molar-refractivity contribution in [2.75, 3.05) is 4.90 Å². The smallest absolute Gasteiger partial charge is 0.441 e. The van der Waals surface area contributed by atoms with Gasteiger partial charge < -0.3 is 4.74 Å². The summed E-state index contributed by atoms with van der Waals surface area (Å²) in [7, 11) is 0. The van der Waals surface area contributed by atoms with Crippen molar-refractivity contribution in [3.05, 3.63) is 29.8 Å². The van der Waals surface area contributed by atoms with E-state index in [-0.39, 0.29) is 17.7 Å². The van der Waals surface area contributed by atoms with Crippen LogP contribution < -0.4 is 4.90 Å². The Hall–Kier alpha value is -2.38. The lowest BCUT2D eigenvalue weighted by Crippen LogP contribution is -2.49. The average Bonchev–Trinajstić information content (AvgIpc) is 2.51. The van der Waals surface area contributed by atoms with Gasteiger partial charge in [-0.2, -0.15) is 13.2 Å². The Morgan fingerprint density at radius 3 is 2.50 bits per heavy atom. The number of Topliss-reactive ketones (excluding diaryl/α,β-unsaturated/α-hetero) is 1. The van der Waals surface area contributed by atoms with Gasteiger partial charge in [0.25, 0.3) is 0 Å². The molecule has 118 valence electrons. The molecule has 1 aliphatic rings. The molecule has 0 aliphatic carbocycles. The molecule has 0 radical (unpaired) electrons. The van der Waals surface area contributed by atoms with Gasteiger partial charge in [0, 0.05) is 13.3 Å². The van der Waals surface area contributed by atoms with Gasteiger partial charge >= 0.3 is 18.1 Å². The van der Waals surface area contributed by atoms with Crippen molar-refractivity contribution in [3.8, 4) is 0 Å². The molecule has 5 nitrogen and oxygen atoms in total. The van der Waals surface area contributed by atoms with Crippen molar-refractivity contribution in [1.29, 1.82) is 0 Å². The number of benzene rings is 1. The third kappa shape index (κ3) is 3.26. The Kier molecular flexibility index (Phi) is 4.20. The molecule has 0 fully saturated rings. The summed E-state index contributed by atoms with van der Waals surface area (Å²) in [4.78, 5) is 35.0. The fraction of sp³-hybridized carbons (Fsp3) is 0.357. The fourth-order valence-corrected chi connectivity index (χ4v) is 2.28. The van der Waals surface area contributed by atoms with Crippen LogP contribution in [-0.4, -0.2) is 30.1 Å². The van der Waals surface area contributed by atoms with Gasteiger partial charge in [0.15, 0.2) is 6.23 Å². The monoisotopic (exact) mass is 315 g/mol. The Morgan fingerprint density at radius 2 is 1.91 bits per heavy atom. The molecule has 0 saturated carbocycles. The maximum atomic E-state index is 12.9. The molecule has 0 bridgehead atoms. The van der Waals surface area contributed by atoms with Crippen molar-refractivity contribution in [3.63, 3.8) is 0 Å². The average molecular weight is 315 g/mol. The van der Waals surface area contributed by atoms with Gasteiger partial charge in [-0.25, -0.2) is 0 Å². The van der Waals surface area contributed by atoms with E-state index in [2.05, 4.69) is 0 Å². The molecule has 1 heterocycles. The van der Waals surface area contributed by atoms with E-state index in [9.17, 15) is 27.6 Å². The SMILES string of the molecule is CC(=O)OC1CC(=O)Cc2ccccc2N1C(=O)C(F)(F)F. The second kappa shape index (κ2) is 5.78. The van der Waals surface area contributed by atoms with Crippen LogP contribution in [0.5, 0.6) is 0 Å². The third-order valence-corrected chi connectivity index (χ3v) is 3.09. The first-order valence-electron chi connectivity index (χ1n) is 6.37. The lowest BCUT2D eigenvalue weighted by atomic mass is 10.1. The van der Waals surface area contributed by atoms with Gasteiger partial charge in [0.1, 0.15) is 5.78 Å². The highest BCUT2D eigenvalue weighted by molar-refractivity contribution is 6.01. The van der Waals surface area contributed by atoms with Gasteiger partial charge in [-0.15, -0.1) is 0 Å². The number of para-hydroxylation sites is 1. The molecule has 0 aromatic heterocycles. The normalized spacial score (nSPS) is 18.5. The molecule has 1 amide bonds. The van der Waals surface area contributed by atoms with Crippen LogP contribution in [0.25, 0.3) is 0 Å². The van der Waals surface area contributed by atoms with E-state index in [0.717, 1.165) is 6.92 Å². The molecule has 1 aliphatic heterocycles. The number of alkyl halides is 3. The van der Waals surface area contributed by atoms with Gasteiger partial charge in [0.2, 0.25) is 0 Å². The van der Waals surface area contributed by atoms with Crippen molar-refractivity contribution in [1.82, 2.24) is 0 Å². The van der Waals surface area contributed by atoms with Gasteiger partial charge in [-0.1, -0.05) is 18.2 Å². The lowest BCUT2D eigenvalue weighted by Gasteiger charge is -2.30. The van der Waals surface area contributed by atoms with E-state index in [4.69, 9.17) is 4.74 Å². The maximum absolute atomic E-state index is 12.9. The van der Waals surface area contributed by atoms with Crippen molar-refractivity contribution >= 4 is 23.3 Å². The standard InChI is InChI=1S/C14H12F3NO4/c1-8(19)22-12-7-10(20)6-9-4-2-3-5-11(9)18(12)13(21)14(15,16)17/h2-5,12H,6-7H2,1H3. The summed E-state index contributed by atoms with van der Waals surface area (Å²) in [6.07, 6.45) is -7.38. The van der Waals surface area contributed by atoms with Gasteiger partial charge in [-0.05, 0) is 11.6 Å². The van der Waals surface area contributed by atoms with Crippen LogP contribution in [0.4, 0.5) is 18.9 Å². The first-order valence-corrected chi connectivity index (χ1v) is 6.37. The highest BCUT2D eigenvalue weighted by Crippen LogP contribution is 2.32. The number of esters is 1. The number of ether oxygens (including phenoxy) is 1. The number of carbonyl (C=O) groups excluding carboxylic acids is 3. The number of anilines is 1. The third-order valence-electron chi connectivity index (χ3n) is 3.09. The zero-order valence-electron chi connectivity index (χ0n) is 11.5. The molecule has 0 N–H and O–H groups in total. The highest BCUT2D eigenvalue weighted by Gasteiger charge is 2.48. The van der Waals surface area contributed by atoms with Crippen LogP contribution in [0, 0.1) is 0 Å². The van der Waals surface area contributed by atoms with Crippen LogP contribution in [0.1, 0.15) is 18.9 Å². The Labute approximate surface area is 123 Å². The minimum absolute atomic E-state index is 0.0816. The molecular weight excluding hydrogens is 303 g/mol. The summed E-state index contributed by atoms with van der Waals surface area (Å²) in [5, 5.41) is 0. The second-order valence-corrected chi connectivity index (χ2v) is 4.79. The lowest BCUT2D eigenvalue weighted by molar-refractivity contribution is -0.174. The summed E-state index contributed by atoms with van der Waals surface area (Å²) in [5.74, 6) is -3.48. The van der Waals surface area contributed by atoms with Crippen LogP contribution in [0.2, 0.25) is 0 Å². The number of nitrogens with zero attached hydrogens (tertiary/aromatic N) is 1.